The minimum Gasteiger partial charge on any atom is -0.298 e. The van der Waals surface area contributed by atoms with Gasteiger partial charge in [-0.15, -0.1) is 11.3 Å². The zero-order valence-corrected chi connectivity index (χ0v) is 17.6. The second-order valence-electron chi connectivity index (χ2n) is 6.07. The van der Waals surface area contributed by atoms with Crippen molar-refractivity contribution in [3.8, 4) is 0 Å². The first-order valence-electron chi connectivity index (χ1n) is 8.10. The van der Waals surface area contributed by atoms with E-state index in [1.807, 2.05) is 36.4 Å². The maximum atomic E-state index is 12.6. The number of non-ortho nitro benzene ring substituents is 1. The van der Waals surface area contributed by atoms with Crippen molar-refractivity contribution in [1.29, 1.82) is 0 Å². The molecule has 6 nitrogen and oxygen atoms in total. The number of rotatable bonds is 5. The largest absolute Gasteiger partial charge is 0.298 e. The zero-order valence-electron chi connectivity index (χ0n) is 14.7. The Bertz CT molecular complexity index is 1020. The Kier molecular flexibility index (Phi) is 5.85. The highest BCUT2D eigenvalue weighted by Crippen LogP contribution is 2.27. The number of nitrogens with one attached hydrogen (secondary N) is 1. The number of benzene rings is 2. The quantitative estimate of drug-likeness (QED) is 0.304. The standard InChI is InChI=1S/C19H16IN3O3S/c1-11-3-5-13(6-4-11)9-17-12(2)21-19(27-17)22-18(24)15-10-14(23(25)26)7-8-16(15)20/h3-8,10H,9H2,1-2H3,(H,21,22,24). The molecule has 0 atom stereocenters. The van der Waals surface area contributed by atoms with Crippen molar-refractivity contribution in [2.75, 3.05) is 5.32 Å². The third-order valence-electron chi connectivity index (χ3n) is 4.00. The lowest BCUT2D eigenvalue weighted by Gasteiger charge is -2.04. The second-order valence-corrected chi connectivity index (χ2v) is 8.31. The number of carbonyl (C=O) groups excluding carboxylic acids is 1. The molecule has 0 aliphatic carbocycles. The highest BCUT2D eigenvalue weighted by Gasteiger charge is 2.17. The molecule has 8 heteroatoms. The van der Waals surface area contributed by atoms with Crippen molar-refractivity contribution in [3.05, 3.63) is 83.4 Å². The van der Waals surface area contributed by atoms with Gasteiger partial charge in [0.2, 0.25) is 0 Å². The van der Waals surface area contributed by atoms with Crippen LogP contribution in [0.1, 0.15) is 32.1 Å². The molecule has 0 radical (unpaired) electrons. The first kappa shape index (κ1) is 19.4. The van der Waals surface area contributed by atoms with Crippen LogP contribution < -0.4 is 5.32 Å². The normalized spacial score (nSPS) is 10.6. The highest BCUT2D eigenvalue weighted by molar-refractivity contribution is 14.1. The van der Waals surface area contributed by atoms with Gasteiger partial charge >= 0.3 is 0 Å². The molecule has 2 aromatic carbocycles. The van der Waals surface area contributed by atoms with E-state index in [1.54, 1.807) is 6.07 Å². The van der Waals surface area contributed by atoms with Crippen molar-refractivity contribution in [1.82, 2.24) is 4.98 Å². The molecule has 1 N–H and O–H groups in total. The average Bonchev–Trinajstić information content (AvgIpc) is 2.96. The minimum atomic E-state index is -0.514. The first-order chi connectivity index (χ1) is 12.8. The van der Waals surface area contributed by atoms with E-state index in [9.17, 15) is 14.9 Å². The Morgan fingerprint density at radius 1 is 1.22 bits per heavy atom. The fourth-order valence-corrected chi connectivity index (χ4v) is 4.07. The van der Waals surface area contributed by atoms with Crippen molar-refractivity contribution >= 4 is 50.7 Å². The van der Waals surface area contributed by atoms with Gasteiger partial charge in [-0.1, -0.05) is 29.8 Å². The molecule has 1 amide bonds. The van der Waals surface area contributed by atoms with E-state index in [2.05, 4.69) is 34.6 Å². The van der Waals surface area contributed by atoms with Gasteiger partial charge in [0, 0.05) is 27.0 Å². The van der Waals surface area contributed by atoms with Gasteiger partial charge in [0.25, 0.3) is 11.6 Å². The Labute approximate surface area is 173 Å². The lowest BCUT2D eigenvalue weighted by molar-refractivity contribution is -0.384. The predicted octanol–water partition coefficient (Wildman–Crippen LogP) is 5.12. The van der Waals surface area contributed by atoms with Gasteiger partial charge in [-0.25, -0.2) is 4.98 Å². The number of anilines is 1. The lowest BCUT2D eigenvalue weighted by Crippen LogP contribution is -2.13. The van der Waals surface area contributed by atoms with Crippen molar-refractivity contribution in [2.24, 2.45) is 0 Å². The summed E-state index contributed by atoms with van der Waals surface area (Å²) in [6.45, 7) is 3.96. The number of nitro benzene ring substituents is 1. The van der Waals surface area contributed by atoms with Crippen LogP contribution in [0.4, 0.5) is 10.8 Å². The van der Waals surface area contributed by atoms with Gasteiger partial charge in [-0.3, -0.25) is 20.2 Å². The molecule has 27 heavy (non-hydrogen) atoms. The summed E-state index contributed by atoms with van der Waals surface area (Å²) in [5, 5.41) is 14.2. The number of hydrogen-bond acceptors (Lipinski definition) is 5. The van der Waals surface area contributed by atoms with E-state index in [1.165, 1.54) is 34.6 Å². The number of aryl methyl sites for hydroxylation is 2. The van der Waals surface area contributed by atoms with E-state index in [0.29, 0.717) is 8.70 Å². The van der Waals surface area contributed by atoms with Gasteiger partial charge in [0.15, 0.2) is 5.13 Å². The summed E-state index contributed by atoms with van der Waals surface area (Å²) < 4.78 is 0.642. The third-order valence-corrected chi connectivity index (χ3v) is 6.02. The SMILES string of the molecule is Cc1ccc(Cc2sc(NC(=O)c3cc([N+](=O)[O-])ccc3I)nc2C)cc1. The summed E-state index contributed by atoms with van der Waals surface area (Å²) >= 11 is 3.41. The molecule has 3 aromatic rings. The summed E-state index contributed by atoms with van der Waals surface area (Å²) in [6.07, 6.45) is 0.744. The molecule has 0 aliphatic rings. The minimum absolute atomic E-state index is 0.115. The van der Waals surface area contributed by atoms with Crippen LogP contribution in [0.2, 0.25) is 0 Å². The van der Waals surface area contributed by atoms with Crippen LogP contribution in [0.25, 0.3) is 0 Å². The van der Waals surface area contributed by atoms with Crippen LogP contribution in [0.15, 0.2) is 42.5 Å². The molecule has 1 heterocycles. The number of nitrogens with zero attached hydrogens (tertiary/aromatic N) is 2. The van der Waals surface area contributed by atoms with Crippen LogP contribution >= 0.6 is 33.9 Å². The smallest absolute Gasteiger partial charge is 0.270 e. The molecular weight excluding hydrogens is 477 g/mol. The summed E-state index contributed by atoms with van der Waals surface area (Å²) in [5.74, 6) is -0.404. The van der Waals surface area contributed by atoms with Gasteiger partial charge in [0.1, 0.15) is 0 Å². The van der Waals surface area contributed by atoms with Gasteiger partial charge in [-0.05, 0) is 48.1 Å². The molecule has 0 spiro atoms. The average molecular weight is 493 g/mol. The van der Waals surface area contributed by atoms with E-state index in [0.717, 1.165) is 17.0 Å². The molecule has 0 fully saturated rings. The summed E-state index contributed by atoms with van der Waals surface area (Å²) in [7, 11) is 0. The molecular formula is C19H16IN3O3S. The van der Waals surface area contributed by atoms with Crippen LogP contribution in [-0.4, -0.2) is 15.8 Å². The molecule has 0 saturated heterocycles. The molecule has 0 aliphatic heterocycles. The third kappa shape index (κ3) is 4.69. The predicted molar refractivity (Wildman–Crippen MR) is 115 cm³/mol. The van der Waals surface area contributed by atoms with Gasteiger partial charge < -0.3 is 0 Å². The number of carbonyl (C=O) groups is 1. The van der Waals surface area contributed by atoms with Crippen LogP contribution in [0, 0.1) is 27.5 Å². The Balaban J connectivity index is 1.78. The van der Waals surface area contributed by atoms with Crippen LogP contribution in [-0.2, 0) is 6.42 Å². The van der Waals surface area contributed by atoms with Crippen LogP contribution in [0.3, 0.4) is 0 Å². The molecule has 0 bridgehead atoms. The van der Waals surface area contributed by atoms with Crippen LogP contribution in [0.5, 0.6) is 0 Å². The number of thiazole rings is 1. The topological polar surface area (TPSA) is 85.1 Å². The molecule has 138 valence electrons. The zero-order chi connectivity index (χ0) is 19.6. The Hall–Kier alpha value is -2.33. The maximum absolute atomic E-state index is 12.6. The maximum Gasteiger partial charge on any atom is 0.270 e. The molecule has 0 saturated carbocycles. The van der Waals surface area contributed by atoms with E-state index in [4.69, 9.17) is 0 Å². The fourth-order valence-electron chi connectivity index (χ4n) is 2.50. The van der Waals surface area contributed by atoms with Gasteiger partial charge in [-0.2, -0.15) is 0 Å². The number of halogens is 1. The summed E-state index contributed by atoms with van der Waals surface area (Å²) in [4.78, 5) is 28.5. The second kappa shape index (κ2) is 8.13. The van der Waals surface area contributed by atoms with E-state index >= 15 is 0 Å². The molecule has 3 rings (SSSR count). The highest BCUT2D eigenvalue weighted by atomic mass is 127. The fraction of sp³-hybridized carbons (Fsp3) is 0.158. The van der Waals surface area contributed by atoms with Crippen molar-refractivity contribution in [2.45, 2.75) is 20.3 Å². The first-order valence-corrected chi connectivity index (χ1v) is 10.00. The van der Waals surface area contributed by atoms with Crippen molar-refractivity contribution in [3.63, 3.8) is 0 Å². The Morgan fingerprint density at radius 3 is 2.59 bits per heavy atom. The molecule has 1 aromatic heterocycles. The van der Waals surface area contributed by atoms with E-state index in [-0.39, 0.29) is 11.3 Å². The van der Waals surface area contributed by atoms with E-state index < -0.39 is 10.8 Å². The monoisotopic (exact) mass is 493 g/mol. The summed E-state index contributed by atoms with van der Waals surface area (Å²) in [6, 6.07) is 12.5. The Morgan fingerprint density at radius 2 is 1.93 bits per heavy atom. The van der Waals surface area contributed by atoms with Gasteiger partial charge in [0.05, 0.1) is 16.2 Å². The number of amides is 1. The lowest BCUT2D eigenvalue weighted by atomic mass is 10.1. The number of hydrogen-bond donors (Lipinski definition) is 1. The number of aromatic nitrogens is 1. The molecule has 0 unspecified atom stereocenters. The van der Waals surface area contributed by atoms with Crippen molar-refractivity contribution < 1.29 is 9.72 Å². The summed E-state index contributed by atoms with van der Waals surface area (Å²) in [5.41, 5.74) is 3.40. The number of nitro groups is 1.